The molecule has 2 unspecified atom stereocenters. The number of aliphatic hydroxyl groups is 5. The Morgan fingerprint density at radius 1 is 0.693 bits per heavy atom. The Morgan fingerprint density at radius 2 is 1.16 bits per heavy atom. The van der Waals surface area contributed by atoms with Crippen molar-refractivity contribution >= 4 is 69.3 Å². The first kappa shape index (κ1) is 65.0. The maximum absolute atomic E-state index is 12.5. The average Bonchev–Trinajstić information content (AvgIpc) is 2.11. The molecule has 4 fully saturated rings. The van der Waals surface area contributed by atoms with Crippen LogP contribution in [0.1, 0.15) is 89.8 Å². The Labute approximate surface area is 503 Å². The number of piperidine rings is 2. The summed E-state index contributed by atoms with van der Waals surface area (Å²) >= 11 is 0. The second kappa shape index (κ2) is 30.1. The van der Waals surface area contributed by atoms with E-state index in [1.807, 2.05) is 5.48 Å². The van der Waals surface area contributed by atoms with Crippen LogP contribution in [0.2, 0.25) is 0 Å². The van der Waals surface area contributed by atoms with Crippen LogP contribution in [-0.2, 0) is 25.5 Å². The lowest BCUT2D eigenvalue weighted by Crippen LogP contribution is -2.42. The highest BCUT2D eigenvalue weighted by Crippen LogP contribution is 2.35. The first-order valence-electron chi connectivity index (χ1n) is 28.7. The SMILES string of the molecule is CCNC(=O)[C@H]1O[C@@H](n2cnc3c(N)nc(C#CCC4CCN(C(=O)Oc5ccc([N+](=O)[O-])cc5)CC4)nc32)[C@@H](O)C1O.CCNC(=O)[C@H]1O[C@@H](n2cnc3c(N)nc(CCCC4CCN(C(=O)Oc5ccc(NO)cc5)CC4)nc32)[C@@H](O)C1O.CCO. The monoisotopic (exact) mass is 1220 g/mol. The van der Waals surface area contributed by atoms with E-state index in [4.69, 9.17) is 40.7 Å². The van der Waals surface area contributed by atoms with Gasteiger partial charge in [-0.1, -0.05) is 5.92 Å². The summed E-state index contributed by atoms with van der Waals surface area (Å²) in [6.07, 6.45) is -2.64. The molecule has 4 saturated heterocycles. The van der Waals surface area contributed by atoms with Crippen molar-refractivity contribution in [2.24, 2.45) is 11.8 Å². The molecular weight excluding hydrogens is 1150 g/mol. The van der Waals surface area contributed by atoms with Crippen LogP contribution < -0.4 is 37.1 Å². The lowest BCUT2D eigenvalue weighted by Gasteiger charge is -2.31. The number of aromatic nitrogens is 8. The van der Waals surface area contributed by atoms with Crippen molar-refractivity contribution in [3.8, 4) is 23.3 Å². The number of hydrogen-bond acceptors (Lipinski definition) is 25. The summed E-state index contributed by atoms with van der Waals surface area (Å²) in [7, 11) is 0. The van der Waals surface area contributed by atoms with Crippen LogP contribution in [0, 0.1) is 33.8 Å². The molecule has 472 valence electrons. The van der Waals surface area contributed by atoms with Gasteiger partial charge in [0.1, 0.15) is 52.8 Å². The van der Waals surface area contributed by atoms with Gasteiger partial charge in [-0.25, -0.2) is 39.5 Å². The third-order valence-corrected chi connectivity index (χ3v) is 15.0. The van der Waals surface area contributed by atoms with E-state index < -0.39 is 78.0 Å². The van der Waals surface area contributed by atoms with Crippen LogP contribution in [0.5, 0.6) is 11.5 Å². The number of benzene rings is 2. The second-order valence-corrected chi connectivity index (χ2v) is 20.9. The van der Waals surface area contributed by atoms with Gasteiger partial charge in [-0.3, -0.25) is 39.5 Å². The van der Waals surface area contributed by atoms with E-state index in [2.05, 4.69) is 52.4 Å². The summed E-state index contributed by atoms with van der Waals surface area (Å²) in [6, 6.07) is 11.7. The van der Waals surface area contributed by atoms with Crippen molar-refractivity contribution in [1.29, 1.82) is 0 Å². The van der Waals surface area contributed by atoms with Gasteiger partial charge in [-0.05, 0) is 113 Å². The third kappa shape index (κ3) is 15.6. The van der Waals surface area contributed by atoms with E-state index in [0.29, 0.717) is 99.3 Å². The smallest absolute Gasteiger partial charge is 0.410 e. The lowest BCUT2D eigenvalue weighted by atomic mass is 9.91. The van der Waals surface area contributed by atoms with Crippen LogP contribution >= 0.6 is 0 Å². The Balaban J connectivity index is 0.000000218. The number of likely N-dealkylation sites (tertiary alicyclic amines) is 2. The highest BCUT2D eigenvalue weighted by molar-refractivity contribution is 5.84. The first-order chi connectivity index (χ1) is 42.4. The van der Waals surface area contributed by atoms with Gasteiger partial charge in [-0.15, -0.1) is 0 Å². The number of hydrogen-bond donors (Lipinski definition) is 11. The molecular formula is C56H72N16O16. The summed E-state index contributed by atoms with van der Waals surface area (Å²) < 4.78 is 25.0. The zero-order valence-corrected chi connectivity index (χ0v) is 48.5. The molecule has 0 spiro atoms. The number of nitrogens with zero attached hydrogens (tertiary/aromatic N) is 11. The van der Waals surface area contributed by atoms with Crippen LogP contribution in [0.3, 0.4) is 0 Å². The van der Waals surface area contributed by atoms with Gasteiger partial charge in [0.25, 0.3) is 17.5 Å². The van der Waals surface area contributed by atoms with Crippen molar-refractivity contribution in [3.63, 3.8) is 0 Å². The number of nitrogen functional groups attached to an aromatic ring is 2. The van der Waals surface area contributed by atoms with E-state index in [1.54, 1.807) is 54.8 Å². The summed E-state index contributed by atoms with van der Waals surface area (Å²) in [5, 5.41) is 74.4. The largest absolute Gasteiger partial charge is 0.415 e. The molecule has 8 atom stereocenters. The molecule has 6 aromatic rings. The molecule has 4 aliphatic heterocycles. The number of rotatable bonds is 15. The lowest BCUT2D eigenvalue weighted by molar-refractivity contribution is -0.384. The van der Waals surface area contributed by atoms with Crippen molar-refractivity contribution in [3.05, 3.63) is 82.9 Å². The predicted molar refractivity (Wildman–Crippen MR) is 311 cm³/mol. The molecule has 4 aromatic heterocycles. The number of amides is 4. The number of aryl methyl sites for hydroxylation is 1. The minimum atomic E-state index is -1.46. The first-order valence-corrected chi connectivity index (χ1v) is 28.7. The minimum absolute atomic E-state index is 0.0706. The van der Waals surface area contributed by atoms with Gasteiger partial charge in [0.15, 0.2) is 47.6 Å². The Morgan fingerprint density at radius 3 is 1.64 bits per heavy atom. The molecule has 0 bridgehead atoms. The Kier molecular flexibility index (Phi) is 22.3. The summed E-state index contributed by atoms with van der Waals surface area (Å²) in [5.41, 5.74) is 15.9. The topological polar surface area (TPSA) is 452 Å². The highest BCUT2D eigenvalue weighted by Gasteiger charge is 2.49. The molecule has 0 saturated carbocycles. The normalized spacial score (nSPS) is 21.9. The number of nitro groups is 1. The number of ether oxygens (including phenoxy) is 4. The molecule has 32 nitrogen and oxygen atoms in total. The summed E-state index contributed by atoms with van der Waals surface area (Å²) in [4.78, 5) is 89.2. The van der Waals surface area contributed by atoms with E-state index >= 15 is 0 Å². The zero-order valence-electron chi connectivity index (χ0n) is 48.5. The number of fused-ring (bicyclic) bond motifs is 2. The second-order valence-electron chi connectivity index (χ2n) is 20.9. The van der Waals surface area contributed by atoms with Crippen molar-refractivity contribution in [2.75, 3.05) is 62.8 Å². The molecule has 10 rings (SSSR count). The number of likely N-dealkylation sites (N-methyl/N-ethyl adjacent to an activating group) is 2. The van der Waals surface area contributed by atoms with Gasteiger partial charge in [0, 0.05) is 70.8 Å². The fraction of sp³-hybridized carbons (Fsp3) is 0.500. The highest BCUT2D eigenvalue weighted by atomic mass is 16.6. The average molecular weight is 1230 g/mol. The van der Waals surface area contributed by atoms with Gasteiger partial charge < -0.3 is 76.4 Å². The van der Waals surface area contributed by atoms with Crippen molar-refractivity contribution in [1.82, 2.24) is 59.5 Å². The maximum atomic E-state index is 12.5. The number of carbonyl (C=O) groups is 4. The van der Waals surface area contributed by atoms with Gasteiger partial charge in [0.05, 0.1) is 23.3 Å². The Hall–Kier alpha value is -8.94. The fourth-order valence-corrected chi connectivity index (χ4v) is 10.3. The fourth-order valence-electron chi connectivity index (χ4n) is 10.3. The van der Waals surface area contributed by atoms with Crippen molar-refractivity contribution < 1.29 is 73.8 Å². The van der Waals surface area contributed by atoms with Gasteiger partial charge in [-0.2, -0.15) is 0 Å². The molecule has 4 aliphatic rings. The Bertz CT molecular complexity index is 3440. The summed E-state index contributed by atoms with van der Waals surface area (Å²) in [5.74, 6) is 7.12. The number of nitrogens with one attached hydrogen (secondary N) is 3. The van der Waals surface area contributed by atoms with E-state index in [9.17, 15) is 49.7 Å². The summed E-state index contributed by atoms with van der Waals surface area (Å²) in [6.45, 7) is 8.24. The standard InChI is InChI=1S/C27H30N8O8.C27H36N8O7.C2H6O/c1-2-29-25(38)22-20(36)21(37)26(43-22)34-14-30-19-23(28)31-18(32-24(19)34)5-3-4-15-10-12-33(13-11-15)27(39)42-17-8-6-16(7-9-17)35(40)41;1-2-29-25(38)22-20(36)21(37)26(42-22)35-14-30-19-23(28)31-18(32-24(19)35)5-3-4-15-10-12-34(13-11-15)27(39)41-17-8-6-16(33-40)7-9-17;1-2-3/h6-9,14-15,20-22,26,36-37H,2,4,10-13H2,1H3,(H,29,38)(H2,28,31,32);6-9,14-15,20-22,26,33,36-37,40H,2-5,10-13H2,1H3,(H,29,38)(H2,28,31,32);3H,2H2,1H3/t2*20?,21-,22-,26+;/m00./s1. The zero-order chi connectivity index (χ0) is 63.2. The van der Waals surface area contributed by atoms with E-state index in [0.717, 1.165) is 25.7 Å². The maximum Gasteiger partial charge on any atom is 0.415 e. The van der Waals surface area contributed by atoms with Crippen LogP contribution in [-0.4, -0.2) is 191 Å². The number of aliphatic hydroxyl groups excluding tert-OH is 5. The van der Waals surface area contributed by atoms with Gasteiger partial charge >= 0.3 is 12.2 Å². The number of non-ortho nitro benzene ring substituents is 1. The number of imidazole rings is 2. The molecule has 8 heterocycles. The van der Waals surface area contributed by atoms with Crippen molar-refractivity contribution in [2.45, 2.75) is 121 Å². The molecule has 0 aliphatic carbocycles. The third-order valence-electron chi connectivity index (χ3n) is 15.0. The molecule has 88 heavy (non-hydrogen) atoms. The molecule has 2 aromatic carbocycles. The minimum Gasteiger partial charge on any atom is -0.410 e. The number of nitro benzene ring substituents is 1. The van der Waals surface area contributed by atoms with Gasteiger partial charge in [0.2, 0.25) is 5.82 Å². The molecule has 32 heteroatoms. The quantitative estimate of drug-likeness (QED) is 0.0397. The predicted octanol–water partition coefficient (Wildman–Crippen LogP) is 1.92. The van der Waals surface area contributed by atoms with Crippen LogP contribution in [0.4, 0.5) is 32.6 Å². The molecule has 4 amide bonds. The van der Waals surface area contributed by atoms with Crippen LogP contribution in [0.25, 0.3) is 22.3 Å². The number of carbonyl (C=O) groups excluding carboxylic acids is 4. The molecule has 0 radical (unpaired) electrons. The molecule has 13 N–H and O–H groups in total. The van der Waals surface area contributed by atoms with Crippen LogP contribution in [0.15, 0.2) is 61.2 Å². The van der Waals surface area contributed by atoms with E-state index in [1.165, 1.54) is 46.1 Å². The number of nitrogens with two attached hydrogens (primary N) is 2. The van der Waals surface area contributed by atoms with E-state index in [-0.39, 0.29) is 52.6 Å². The number of anilines is 3.